The number of hydrogen-bond donors (Lipinski definition) is 1. The molecule has 0 bridgehead atoms. The minimum Gasteiger partial charge on any atom is -0.497 e. The molecule has 5 heteroatoms. The van der Waals surface area contributed by atoms with Gasteiger partial charge in [-0.3, -0.25) is 0 Å². The monoisotopic (exact) mass is 287 g/mol. The van der Waals surface area contributed by atoms with Crippen LogP contribution in [0.4, 0.5) is 5.69 Å². The Bertz CT molecular complexity index is 623. The fraction of sp³-hybridized carbons (Fsp3) is 0.188. The summed E-state index contributed by atoms with van der Waals surface area (Å²) in [5.74, 6) is 1.25. The van der Waals surface area contributed by atoms with Crippen LogP contribution < -0.4 is 15.2 Å². The first-order valence-electron chi connectivity index (χ1n) is 6.52. The molecule has 2 N–H and O–H groups in total. The molecule has 0 spiro atoms. The van der Waals surface area contributed by atoms with E-state index in [0.29, 0.717) is 22.7 Å². The van der Waals surface area contributed by atoms with E-state index in [1.54, 1.807) is 50.4 Å². The Morgan fingerprint density at radius 1 is 1.10 bits per heavy atom. The van der Waals surface area contributed by atoms with Gasteiger partial charge in [0.2, 0.25) is 0 Å². The Balaban J connectivity index is 2.27. The van der Waals surface area contributed by atoms with Crippen molar-refractivity contribution in [2.45, 2.75) is 6.92 Å². The third-order valence-electron chi connectivity index (χ3n) is 2.79. The van der Waals surface area contributed by atoms with Crippen LogP contribution in [0.1, 0.15) is 17.3 Å². The average Bonchev–Trinajstić information content (AvgIpc) is 2.50. The van der Waals surface area contributed by atoms with Gasteiger partial charge in [-0.25, -0.2) is 4.79 Å². The Morgan fingerprint density at radius 3 is 2.38 bits per heavy atom. The minimum absolute atomic E-state index is 0.287. The van der Waals surface area contributed by atoms with Crippen molar-refractivity contribution >= 4 is 11.7 Å². The summed E-state index contributed by atoms with van der Waals surface area (Å²) in [5, 5.41) is 0. The highest BCUT2D eigenvalue weighted by Gasteiger charge is 2.15. The first-order chi connectivity index (χ1) is 10.1. The van der Waals surface area contributed by atoms with Crippen LogP contribution in [0, 0.1) is 0 Å². The summed E-state index contributed by atoms with van der Waals surface area (Å²) in [6.45, 7) is 2.03. The van der Waals surface area contributed by atoms with Gasteiger partial charge >= 0.3 is 5.97 Å². The number of esters is 1. The molecule has 21 heavy (non-hydrogen) atoms. The molecule has 5 nitrogen and oxygen atoms in total. The zero-order valence-electron chi connectivity index (χ0n) is 12.0. The topological polar surface area (TPSA) is 70.8 Å². The summed E-state index contributed by atoms with van der Waals surface area (Å²) in [4.78, 5) is 11.9. The van der Waals surface area contributed by atoms with Crippen molar-refractivity contribution in [3.63, 3.8) is 0 Å². The Morgan fingerprint density at radius 2 is 1.76 bits per heavy atom. The Kier molecular flexibility index (Phi) is 4.66. The van der Waals surface area contributed by atoms with Crippen LogP contribution in [0.5, 0.6) is 17.2 Å². The second-order valence-corrected chi connectivity index (χ2v) is 4.25. The number of rotatable bonds is 5. The number of benzene rings is 2. The molecule has 0 fully saturated rings. The van der Waals surface area contributed by atoms with Gasteiger partial charge in [0.25, 0.3) is 0 Å². The first kappa shape index (κ1) is 14.7. The summed E-state index contributed by atoms with van der Waals surface area (Å²) >= 11 is 0. The maximum atomic E-state index is 11.9. The van der Waals surface area contributed by atoms with E-state index in [-0.39, 0.29) is 6.61 Å². The molecule has 0 saturated carbocycles. The van der Waals surface area contributed by atoms with E-state index >= 15 is 0 Å². The highest BCUT2D eigenvalue weighted by molar-refractivity contribution is 5.93. The van der Waals surface area contributed by atoms with Gasteiger partial charge in [-0.05, 0) is 49.4 Å². The molecule has 0 heterocycles. The van der Waals surface area contributed by atoms with Crippen molar-refractivity contribution in [2.24, 2.45) is 0 Å². The lowest BCUT2D eigenvalue weighted by atomic mass is 10.2. The lowest BCUT2D eigenvalue weighted by Gasteiger charge is -2.11. The van der Waals surface area contributed by atoms with Gasteiger partial charge in [-0.15, -0.1) is 0 Å². The maximum Gasteiger partial charge on any atom is 0.342 e. The number of nitrogen functional groups attached to an aromatic ring is 1. The van der Waals surface area contributed by atoms with Crippen molar-refractivity contribution in [1.82, 2.24) is 0 Å². The summed E-state index contributed by atoms with van der Waals surface area (Å²) in [5.41, 5.74) is 6.48. The molecule has 2 aromatic carbocycles. The van der Waals surface area contributed by atoms with Crippen LogP contribution in [0.2, 0.25) is 0 Å². The number of ether oxygens (including phenoxy) is 3. The van der Waals surface area contributed by atoms with Gasteiger partial charge < -0.3 is 19.9 Å². The summed E-state index contributed by atoms with van der Waals surface area (Å²) in [6.07, 6.45) is 0. The summed E-state index contributed by atoms with van der Waals surface area (Å²) < 4.78 is 15.8. The predicted molar refractivity (Wildman–Crippen MR) is 79.9 cm³/mol. The fourth-order valence-electron chi connectivity index (χ4n) is 1.78. The standard InChI is InChI=1S/C16H17NO4/c1-3-20-16(18)14-10-11(17)4-9-15(14)21-13-7-5-12(19-2)6-8-13/h4-10H,3,17H2,1-2H3. The third kappa shape index (κ3) is 3.66. The number of nitrogens with two attached hydrogens (primary N) is 1. The highest BCUT2D eigenvalue weighted by Crippen LogP contribution is 2.28. The second-order valence-electron chi connectivity index (χ2n) is 4.25. The molecule has 0 radical (unpaired) electrons. The van der Waals surface area contributed by atoms with Crippen LogP contribution in [0.3, 0.4) is 0 Å². The molecule has 0 atom stereocenters. The molecule has 0 aliphatic heterocycles. The quantitative estimate of drug-likeness (QED) is 0.675. The van der Waals surface area contributed by atoms with Gasteiger partial charge in [0.15, 0.2) is 0 Å². The SMILES string of the molecule is CCOC(=O)c1cc(N)ccc1Oc1ccc(OC)cc1. The summed E-state index contributed by atoms with van der Waals surface area (Å²) in [7, 11) is 1.59. The van der Waals surface area contributed by atoms with Gasteiger partial charge in [0.1, 0.15) is 22.8 Å². The van der Waals surface area contributed by atoms with Crippen LogP contribution in [-0.2, 0) is 4.74 Å². The molecular formula is C16H17NO4. The lowest BCUT2D eigenvalue weighted by Crippen LogP contribution is -2.07. The number of carbonyl (C=O) groups excluding carboxylic acids is 1. The van der Waals surface area contributed by atoms with E-state index in [4.69, 9.17) is 19.9 Å². The number of hydrogen-bond acceptors (Lipinski definition) is 5. The summed E-state index contributed by atoms with van der Waals surface area (Å²) in [6, 6.07) is 11.9. The van der Waals surface area contributed by atoms with E-state index in [0.717, 1.165) is 5.75 Å². The highest BCUT2D eigenvalue weighted by atomic mass is 16.5. The van der Waals surface area contributed by atoms with Crippen LogP contribution >= 0.6 is 0 Å². The first-order valence-corrected chi connectivity index (χ1v) is 6.52. The normalized spacial score (nSPS) is 10.0. The predicted octanol–water partition coefficient (Wildman–Crippen LogP) is 3.25. The van der Waals surface area contributed by atoms with E-state index in [1.807, 2.05) is 0 Å². The molecule has 0 aliphatic carbocycles. The van der Waals surface area contributed by atoms with Crippen LogP contribution in [0.15, 0.2) is 42.5 Å². The van der Waals surface area contributed by atoms with E-state index in [1.165, 1.54) is 6.07 Å². The van der Waals surface area contributed by atoms with E-state index in [2.05, 4.69) is 0 Å². The van der Waals surface area contributed by atoms with Gasteiger partial charge in [0.05, 0.1) is 13.7 Å². The van der Waals surface area contributed by atoms with Crippen molar-refractivity contribution in [2.75, 3.05) is 19.5 Å². The number of carbonyl (C=O) groups is 1. The van der Waals surface area contributed by atoms with Gasteiger partial charge in [0, 0.05) is 5.69 Å². The Labute approximate surface area is 123 Å². The van der Waals surface area contributed by atoms with Crippen molar-refractivity contribution < 1.29 is 19.0 Å². The zero-order valence-corrected chi connectivity index (χ0v) is 12.0. The van der Waals surface area contributed by atoms with Crippen molar-refractivity contribution in [1.29, 1.82) is 0 Å². The lowest BCUT2D eigenvalue weighted by molar-refractivity contribution is 0.0523. The number of anilines is 1. The Hall–Kier alpha value is -2.69. The molecule has 0 aromatic heterocycles. The smallest absolute Gasteiger partial charge is 0.342 e. The van der Waals surface area contributed by atoms with E-state index in [9.17, 15) is 4.79 Å². The molecule has 2 rings (SSSR count). The van der Waals surface area contributed by atoms with Gasteiger partial charge in [-0.2, -0.15) is 0 Å². The molecular weight excluding hydrogens is 270 g/mol. The average molecular weight is 287 g/mol. The van der Waals surface area contributed by atoms with Gasteiger partial charge in [-0.1, -0.05) is 0 Å². The van der Waals surface area contributed by atoms with Crippen molar-refractivity contribution in [3.8, 4) is 17.2 Å². The molecule has 110 valence electrons. The van der Waals surface area contributed by atoms with Crippen LogP contribution in [0.25, 0.3) is 0 Å². The molecule has 0 unspecified atom stereocenters. The minimum atomic E-state index is -0.465. The van der Waals surface area contributed by atoms with Crippen LogP contribution in [-0.4, -0.2) is 19.7 Å². The fourth-order valence-corrected chi connectivity index (χ4v) is 1.78. The zero-order chi connectivity index (χ0) is 15.2. The van der Waals surface area contributed by atoms with Crippen molar-refractivity contribution in [3.05, 3.63) is 48.0 Å². The molecule has 0 amide bonds. The third-order valence-corrected chi connectivity index (χ3v) is 2.79. The molecule has 0 saturated heterocycles. The molecule has 2 aromatic rings. The molecule has 0 aliphatic rings. The number of methoxy groups -OCH3 is 1. The van der Waals surface area contributed by atoms with E-state index < -0.39 is 5.97 Å². The second kappa shape index (κ2) is 6.65. The largest absolute Gasteiger partial charge is 0.497 e. The maximum absolute atomic E-state index is 11.9.